The molecule has 1 fully saturated rings. The molecule has 0 radical (unpaired) electrons. The van der Waals surface area contributed by atoms with Gasteiger partial charge in [-0.1, -0.05) is 29.8 Å². The summed E-state index contributed by atoms with van der Waals surface area (Å²) in [5.74, 6) is -1.04. The van der Waals surface area contributed by atoms with E-state index >= 15 is 0 Å². The highest BCUT2D eigenvalue weighted by atomic mass is 19.1. The second-order valence-corrected chi connectivity index (χ2v) is 8.81. The van der Waals surface area contributed by atoms with Gasteiger partial charge in [-0.25, -0.2) is 14.2 Å². The number of halogens is 1. The average Bonchev–Trinajstić information content (AvgIpc) is 2.89. The van der Waals surface area contributed by atoms with Crippen molar-refractivity contribution in [3.05, 3.63) is 95.3 Å². The Labute approximate surface area is 207 Å². The van der Waals surface area contributed by atoms with Crippen molar-refractivity contribution in [1.29, 1.82) is 0 Å². The number of aromatic carboxylic acids is 1. The van der Waals surface area contributed by atoms with Crippen molar-refractivity contribution in [2.24, 2.45) is 0 Å². The van der Waals surface area contributed by atoms with Gasteiger partial charge in [0.05, 0.1) is 16.8 Å². The van der Waals surface area contributed by atoms with Crippen molar-refractivity contribution in [2.75, 3.05) is 41.3 Å². The highest BCUT2D eigenvalue weighted by Crippen LogP contribution is 2.28. The minimum Gasteiger partial charge on any atom is -0.478 e. The zero-order chi connectivity index (χ0) is 25.2. The number of piperazine rings is 1. The van der Waals surface area contributed by atoms with E-state index in [1.54, 1.807) is 48.5 Å². The fourth-order valence-corrected chi connectivity index (χ4v) is 4.42. The van der Waals surface area contributed by atoms with Crippen molar-refractivity contribution >= 4 is 40.0 Å². The van der Waals surface area contributed by atoms with Gasteiger partial charge in [0.15, 0.2) is 0 Å². The number of para-hydroxylation sites is 1. The topological polar surface area (TPSA) is 85.8 Å². The Bertz CT molecular complexity index is 1450. The summed E-state index contributed by atoms with van der Waals surface area (Å²) in [6, 6.07) is 20.5. The van der Waals surface area contributed by atoms with Crippen molar-refractivity contribution in [3.8, 4) is 0 Å². The maximum Gasteiger partial charge on any atom is 0.336 e. The molecule has 3 aromatic carbocycles. The average molecular weight is 485 g/mol. The van der Waals surface area contributed by atoms with Crippen molar-refractivity contribution in [3.63, 3.8) is 0 Å². The summed E-state index contributed by atoms with van der Waals surface area (Å²) in [5.41, 5.74) is 3.26. The lowest BCUT2D eigenvalue weighted by Crippen LogP contribution is -2.47. The number of nitrogens with zero attached hydrogens (tertiary/aromatic N) is 3. The molecule has 0 saturated carbocycles. The molecule has 1 aliphatic rings. The smallest absolute Gasteiger partial charge is 0.336 e. The van der Waals surface area contributed by atoms with E-state index in [-0.39, 0.29) is 17.3 Å². The third-order valence-electron chi connectivity index (χ3n) is 6.39. The molecule has 8 heteroatoms. The summed E-state index contributed by atoms with van der Waals surface area (Å²) in [6.07, 6.45) is 0. The first kappa shape index (κ1) is 23.3. The Morgan fingerprint density at radius 3 is 2.31 bits per heavy atom. The Kier molecular flexibility index (Phi) is 6.25. The number of rotatable bonds is 5. The number of fused-ring (bicyclic) bond motifs is 1. The number of carboxylic acid groups (broad SMARTS) is 1. The second-order valence-electron chi connectivity index (χ2n) is 8.81. The number of carbonyl (C=O) groups excluding carboxylic acids is 1. The van der Waals surface area contributed by atoms with Crippen molar-refractivity contribution in [1.82, 2.24) is 4.98 Å². The third-order valence-corrected chi connectivity index (χ3v) is 6.39. The van der Waals surface area contributed by atoms with Crippen LogP contribution in [0.1, 0.15) is 26.3 Å². The molecule has 0 aliphatic carbocycles. The van der Waals surface area contributed by atoms with Crippen LogP contribution < -0.4 is 15.1 Å². The first-order chi connectivity index (χ1) is 17.4. The standard InChI is InChI=1S/C28H25FN4O3/c1-18-6-8-19(9-7-18)27(34)30-20-10-11-24-21(16-20)22(28(35)36)17-26(31-24)33-14-12-32(13-15-33)25-5-3-2-4-23(25)29/h2-11,16-17H,12-15H2,1H3,(H,30,34)(H,35,36). The maximum atomic E-state index is 14.2. The summed E-state index contributed by atoms with van der Waals surface area (Å²) < 4.78 is 14.2. The molecule has 4 aromatic rings. The van der Waals surface area contributed by atoms with Gasteiger partial charge in [-0.2, -0.15) is 0 Å². The number of nitrogens with one attached hydrogen (secondary N) is 1. The molecule has 182 valence electrons. The monoisotopic (exact) mass is 484 g/mol. The predicted molar refractivity (Wildman–Crippen MR) is 139 cm³/mol. The SMILES string of the molecule is Cc1ccc(C(=O)Nc2ccc3nc(N4CCN(c5ccccc5F)CC4)cc(C(=O)O)c3c2)cc1. The molecule has 0 atom stereocenters. The van der Waals surface area contributed by atoms with Gasteiger partial charge in [0, 0.05) is 42.8 Å². The van der Waals surface area contributed by atoms with Gasteiger partial charge in [-0.15, -0.1) is 0 Å². The van der Waals surface area contributed by atoms with Gasteiger partial charge in [0.2, 0.25) is 0 Å². The van der Waals surface area contributed by atoms with E-state index in [0.29, 0.717) is 59.8 Å². The molecule has 1 amide bonds. The first-order valence-electron chi connectivity index (χ1n) is 11.7. The molecule has 1 aromatic heterocycles. The maximum absolute atomic E-state index is 14.2. The quantitative estimate of drug-likeness (QED) is 0.417. The first-order valence-corrected chi connectivity index (χ1v) is 11.7. The van der Waals surface area contributed by atoms with Gasteiger partial charge < -0.3 is 20.2 Å². The molecule has 36 heavy (non-hydrogen) atoms. The Hall–Kier alpha value is -4.46. The number of hydrogen-bond acceptors (Lipinski definition) is 5. The Morgan fingerprint density at radius 2 is 1.61 bits per heavy atom. The van der Waals surface area contributed by atoms with Crippen LogP contribution >= 0.6 is 0 Å². The molecule has 1 aliphatic heterocycles. The van der Waals surface area contributed by atoms with Crippen LogP contribution in [0.5, 0.6) is 0 Å². The minimum absolute atomic E-state index is 0.109. The van der Waals surface area contributed by atoms with E-state index in [1.165, 1.54) is 6.07 Å². The number of carboxylic acids is 1. The lowest BCUT2D eigenvalue weighted by molar-refractivity contribution is 0.0698. The lowest BCUT2D eigenvalue weighted by Gasteiger charge is -2.37. The lowest BCUT2D eigenvalue weighted by atomic mass is 10.1. The van der Waals surface area contributed by atoms with E-state index in [4.69, 9.17) is 4.98 Å². The van der Waals surface area contributed by atoms with Crippen LogP contribution in [-0.2, 0) is 0 Å². The van der Waals surface area contributed by atoms with Crippen LogP contribution in [0, 0.1) is 12.7 Å². The number of hydrogen-bond donors (Lipinski definition) is 2. The zero-order valence-corrected chi connectivity index (χ0v) is 19.7. The molecule has 2 N–H and O–H groups in total. The van der Waals surface area contributed by atoms with E-state index in [0.717, 1.165) is 5.56 Å². The summed E-state index contributed by atoms with van der Waals surface area (Å²) in [6.45, 7) is 4.29. The van der Waals surface area contributed by atoms with Crippen molar-refractivity contribution < 1.29 is 19.1 Å². The summed E-state index contributed by atoms with van der Waals surface area (Å²) in [7, 11) is 0. The molecule has 0 spiro atoms. The van der Waals surface area contributed by atoms with Gasteiger partial charge in [0.1, 0.15) is 11.6 Å². The highest BCUT2D eigenvalue weighted by Gasteiger charge is 2.22. The summed E-state index contributed by atoms with van der Waals surface area (Å²) in [4.78, 5) is 33.4. The molecular weight excluding hydrogens is 459 g/mol. The number of benzene rings is 3. The van der Waals surface area contributed by atoms with Crippen molar-refractivity contribution in [2.45, 2.75) is 6.92 Å². The molecule has 2 heterocycles. The summed E-state index contributed by atoms with van der Waals surface area (Å²) >= 11 is 0. The van der Waals surface area contributed by atoms with Crippen LogP contribution in [0.3, 0.4) is 0 Å². The second kappa shape index (κ2) is 9.65. The van der Waals surface area contributed by atoms with Crippen LogP contribution in [0.15, 0.2) is 72.8 Å². The Balaban J connectivity index is 1.38. The fraction of sp³-hybridized carbons (Fsp3) is 0.179. The van der Waals surface area contributed by atoms with E-state index < -0.39 is 5.97 Å². The summed E-state index contributed by atoms with van der Waals surface area (Å²) in [5, 5.41) is 13.2. The number of pyridine rings is 1. The van der Waals surface area contributed by atoms with E-state index in [2.05, 4.69) is 5.32 Å². The van der Waals surface area contributed by atoms with E-state index in [9.17, 15) is 19.1 Å². The van der Waals surface area contributed by atoms with E-state index in [1.807, 2.05) is 34.9 Å². The van der Waals surface area contributed by atoms with Crippen LogP contribution in [0.4, 0.5) is 21.6 Å². The molecule has 7 nitrogen and oxygen atoms in total. The van der Waals surface area contributed by atoms with Gasteiger partial charge in [-0.05, 0) is 55.5 Å². The number of anilines is 3. The fourth-order valence-electron chi connectivity index (χ4n) is 4.42. The number of amides is 1. The van der Waals surface area contributed by atoms with Crippen LogP contribution in [-0.4, -0.2) is 48.1 Å². The number of carbonyl (C=O) groups is 2. The third kappa shape index (κ3) is 4.70. The molecule has 5 rings (SSSR count). The number of aromatic nitrogens is 1. The number of aryl methyl sites for hydroxylation is 1. The molecule has 0 unspecified atom stereocenters. The Morgan fingerprint density at radius 1 is 0.917 bits per heavy atom. The molecule has 0 bridgehead atoms. The normalized spacial score (nSPS) is 13.6. The van der Waals surface area contributed by atoms with Crippen LogP contribution in [0.2, 0.25) is 0 Å². The zero-order valence-electron chi connectivity index (χ0n) is 19.7. The van der Waals surface area contributed by atoms with Gasteiger partial charge >= 0.3 is 5.97 Å². The molecule has 1 saturated heterocycles. The minimum atomic E-state index is -1.07. The predicted octanol–water partition coefficient (Wildman–Crippen LogP) is 4.96. The van der Waals surface area contributed by atoms with Gasteiger partial charge in [0.25, 0.3) is 5.91 Å². The highest BCUT2D eigenvalue weighted by molar-refractivity contribution is 6.08. The molecular formula is C28H25FN4O3. The van der Waals surface area contributed by atoms with Crippen LogP contribution in [0.25, 0.3) is 10.9 Å². The van der Waals surface area contributed by atoms with Gasteiger partial charge in [-0.3, -0.25) is 4.79 Å². The largest absolute Gasteiger partial charge is 0.478 e.